The number of ether oxygens (including phenoxy) is 1. The van der Waals surface area contributed by atoms with E-state index in [0.717, 1.165) is 19.5 Å². The maximum absolute atomic E-state index is 11.5. The van der Waals surface area contributed by atoms with Gasteiger partial charge in [-0.2, -0.15) is 0 Å². The Labute approximate surface area is 91.8 Å². The Morgan fingerprint density at radius 1 is 1.47 bits per heavy atom. The number of hydrogen-bond acceptors (Lipinski definition) is 3. The Bertz CT molecular complexity index is 223. The monoisotopic (exact) mass is 214 g/mol. The number of carbonyl (C=O) groups is 1. The molecule has 1 saturated heterocycles. The molecule has 88 valence electrons. The van der Waals surface area contributed by atoms with Gasteiger partial charge < -0.3 is 15.4 Å². The summed E-state index contributed by atoms with van der Waals surface area (Å²) < 4.78 is 5.21. The lowest BCUT2D eigenvalue weighted by Crippen LogP contribution is -2.43. The number of amides is 1. The fourth-order valence-corrected chi connectivity index (χ4v) is 1.79. The molecule has 0 unspecified atom stereocenters. The van der Waals surface area contributed by atoms with Crippen LogP contribution in [0.3, 0.4) is 0 Å². The molecule has 4 heteroatoms. The predicted octanol–water partition coefficient (Wildman–Crippen LogP) is 1.51. The Balaban J connectivity index is 2.37. The summed E-state index contributed by atoms with van der Waals surface area (Å²) in [5.74, 6) is 0.525. The van der Waals surface area contributed by atoms with Gasteiger partial charge in [0.1, 0.15) is 5.60 Å². The van der Waals surface area contributed by atoms with Crippen LogP contribution in [0.1, 0.15) is 34.1 Å². The van der Waals surface area contributed by atoms with Crippen molar-refractivity contribution in [2.45, 2.75) is 45.8 Å². The molecular weight excluding hydrogens is 192 g/mol. The third-order valence-corrected chi connectivity index (χ3v) is 2.57. The summed E-state index contributed by atoms with van der Waals surface area (Å²) in [7, 11) is 0. The molecule has 2 N–H and O–H groups in total. The third-order valence-electron chi connectivity index (χ3n) is 2.57. The van der Waals surface area contributed by atoms with Gasteiger partial charge in [0.05, 0.1) is 0 Å². The van der Waals surface area contributed by atoms with Crippen LogP contribution < -0.4 is 10.6 Å². The number of hydrogen-bond donors (Lipinski definition) is 2. The van der Waals surface area contributed by atoms with Crippen molar-refractivity contribution >= 4 is 6.09 Å². The molecule has 1 amide bonds. The van der Waals surface area contributed by atoms with E-state index in [1.54, 1.807) is 0 Å². The Morgan fingerprint density at radius 3 is 2.67 bits per heavy atom. The van der Waals surface area contributed by atoms with Gasteiger partial charge in [-0.15, -0.1) is 0 Å². The van der Waals surface area contributed by atoms with E-state index in [1.165, 1.54) is 0 Å². The van der Waals surface area contributed by atoms with Crippen LogP contribution in [0.4, 0.5) is 4.79 Å². The van der Waals surface area contributed by atoms with Crippen molar-refractivity contribution in [2.24, 2.45) is 5.92 Å². The van der Waals surface area contributed by atoms with Gasteiger partial charge in [-0.1, -0.05) is 13.3 Å². The van der Waals surface area contributed by atoms with Gasteiger partial charge in [-0.25, -0.2) is 4.79 Å². The van der Waals surface area contributed by atoms with E-state index in [-0.39, 0.29) is 12.1 Å². The smallest absolute Gasteiger partial charge is 0.407 e. The highest BCUT2D eigenvalue weighted by atomic mass is 16.6. The number of alkyl carbamates (subject to hydrolysis) is 1. The zero-order valence-corrected chi connectivity index (χ0v) is 10.1. The lowest BCUT2D eigenvalue weighted by atomic mass is 10.0. The second-order valence-corrected chi connectivity index (χ2v) is 5.08. The fraction of sp³-hybridized carbons (Fsp3) is 0.909. The van der Waals surface area contributed by atoms with Gasteiger partial charge in [0.15, 0.2) is 0 Å². The van der Waals surface area contributed by atoms with Gasteiger partial charge >= 0.3 is 6.09 Å². The van der Waals surface area contributed by atoms with E-state index < -0.39 is 5.60 Å². The van der Waals surface area contributed by atoms with Crippen molar-refractivity contribution in [3.05, 3.63) is 0 Å². The van der Waals surface area contributed by atoms with E-state index in [1.807, 2.05) is 20.8 Å². The van der Waals surface area contributed by atoms with Crippen molar-refractivity contribution in [1.29, 1.82) is 0 Å². The predicted molar refractivity (Wildman–Crippen MR) is 59.8 cm³/mol. The maximum Gasteiger partial charge on any atom is 0.407 e. The fourth-order valence-electron chi connectivity index (χ4n) is 1.79. The molecule has 0 bridgehead atoms. The summed E-state index contributed by atoms with van der Waals surface area (Å²) in [5.41, 5.74) is -0.419. The highest BCUT2D eigenvalue weighted by molar-refractivity contribution is 5.68. The van der Waals surface area contributed by atoms with Crippen molar-refractivity contribution < 1.29 is 9.53 Å². The summed E-state index contributed by atoms with van der Waals surface area (Å²) in [6, 6.07) is 0.213. The van der Waals surface area contributed by atoms with Crippen LogP contribution in [-0.4, -0.2) is 30.8 Å². The highest BCUT2D eigenvalue weighted by Gasteiger charge is 2.28. The van der Waals surface area contributed by atoms with E-state index >= 15 is 0 Å². The first-order chi connectivity index (χ1) is 6.92. The molecule has 1 fully saturated rings. The van der Waals surface area contributed by atoms with Gasteiger partial charge in [0.2, 0.25) is 0 Å². The summed E-state index contributed by atoms with van der Waals surface area (Å²) in [5, 5.41) is 6.18. The van der Waals surface area contributed by atoms with Crippen LogP contribution >= 0.6 is 0 Å². The average molecular weight is 214 g/mol. The molecule has 4 nitrogen and oxygen atoms in total. The summed E-state index contributed by atoms with van der Waals surface area (Å²) in [6.45, 7) is 9.58. The van der Waals surface area contributed by atoms with Crippen LogP contribution in [0.5, 0.6) is 0 Å². The second-order valence-electron chi connectivity index (χ2n) is 5.08. The molecular formula is C11H22N2O2. The van der Waals surface area contributed by atoms with E-state index in [4.69, 9.17) is 4.74 Å². The molecule has 1 aliphatic heterocycles. The van der Waals surface area contributed by atoms with Gasteiger partial charge in [0.25, 0.3) is 0 Å². The normalized spacial score (nSPS) is 26.4. The van der Waals surface area contributed by atoms with Crippen molar-refractivity contribution in [3.63, 3.8) is 0 Å². The molecule has 1 rings (SSSR count). The van der Waals surface area contributed by atoms with Gasteiger partial charge in [-0.3, -0.25) is 0 Å². The topological polar surface area (TPSA) is 50.4 Å². The van der Waals surface area contributed by atoms with Crippen LogP contribution in [0.15, 0.2) is 0 Å². The zero-order chi connectivity index (χ0) is 11.5. The van der Waals surface area contributed by atoms with Crippen molar-refractivity contribution in [1.82, 2.24) is 10.6 Å². The molecule has 0 radical (unpaired) electrons. The Kier molecular flexibility index (Phi) is 3.97. The SMILES string of the molecule is CC[C@H]1CNC[C@H]1NC(=O)OC(C)(C)C. The molecule has 0 aromatic heterocycles. The minimum atomic E-state index is -0.419. The van der Waals surface area contributed by atoms with Gasteiger partial charge in [0, 0.05) is 19.1 Å². The quantitative estimate of drug-likeness (QED) is 0.732. The minimum Gasteiger partial charge on any atom is -0.444 e. The summed E-state index contributed by atoms with van der Waals surface area (Å²) in [6.07, 6.45) is 0.766. The molecule has 1 aliphatic rings. The van der Waals surface area contributed by atoms with E-state index in [9.17, 15) is 4.79 Å². The largest absolute Gasteiger partial charge is 0.444 e. The van der Waals surface area contributed by atoms with Crippen LogP contribution in [-0.2, 0) is 4.74 Å². The van der Waals surface area contributed by atoms with Crippen LogP contribution in [0, 0.1) is 5.92 Å². The Hall–Kier alpha value is -0.770. The zero-order valence-electron chi connectivity index (χ0n) is 10.1. The molecule has 0 saturated carbocycles. The third kappa shape index (κ3) is 4.08. The van der Waals surface area contributed by atoms with Gasteiger partial charge in [-0.05, 0) is 26.7 Å². The highest BCUT2D eigenvalue weighted by Crippen LogP contribution is 2.14. The number of nitrogens with one attached hydrogen (secondary N) is 2. The molecule has 0 aliphatic carbocycles. The van der Waals surface area contributed by atoms with E-state index in [2.05, 4.69) is 17.6 Å². The molecule has 15 heavy (non-hydrogen) atoms. The second kappa shape index (κ2) is 4.84. The molecule has 0 spiro atoms. The Morgan fingerprint density at radius 2 is 2.13 bits per heavy atom. The maximum atomic E-state index is 11.5. The molecule has 0 aromatic carbocycles. The summed E-state index contributed by atoms with van der Waals surface area (Å²) in [4.78, 5) is 11.5. The first kappa shape index (κ1) is 12.3. The first-order valence-corrected chi connectivity index (χ1v) is 5.62. The number of carbonyl (C=O) groups excluding carboxylic acids is 1. The van der Waals surface area contributed by atoms with Crippen LogP contribution in [0.25, 0.3) is 0 Å². The average Bonchev–Trinajstić information content (AvgIpc) is 2.48. The molecule has 2 atom stereocenters. The van der Waals surface area contributed by atoms with Crippen LogP contribution in [0.2, 0.25) is 0 Å². The lowest BCUT2D eigenvalue weighted by molar-refractivity contribution is 0.0497. The van der Waals surface area contributed by atoms with Crippen molar-refractivity contribution in [2.75, 3.05) is 13.1 Å². The van der Waals surface area contributed by atoms with E-state index in [0.29, 0.717) is 5.92 Å². The number of rotatable bonds is 2. The minimum absolute atomic E-state index is 0.213. The lowest BCUT2D eigenvalue weighted by Gasteiger charge is -2.23. The summed E-state index contributed by atoms with van der Waals surface area (Å²) >= 11 is 0. The molecule has 0 aromatic rings. The molecule has 1 heterocycles. The van der Waals surface area contributed by atoms with Crippen molar-refractivity contribution in [3.8, 4) is 0 Å². The standard InChI is InChI=1S/C11H22N2O2/c1-5-8-6-12-7-9(8)13-10(14)15-11(2,3)4/h8-9,12H,5-7H2,1-4H3,(H,13,14)/t8-,9+/m0/s1. The first-order valence-electron chi connectivity index (χ1n) is 5.62.